The van der Waals surface area contributed by atoms with E-state index in [0.29, 0.717) is 23.6 Å². The van der Waals surface area contributed by atoms with Gasteiger partial charge in [-0.05, 0) is 49.6 Å². The first-order valence-corrected chi connectivity index (χ1v) is 8.91. The van der Waals surface area contributed by atoms with Gasteiger partial charge in [0, 0.05) is 24.3 Å². The van der Waals surface area contributed by atoms with Crippen molar-refractivity contribution in [2.24, 2.45) is 0 Å². The summed E-state index contributed by atoms with van der Waals surface area (Å²) in [6, 6.07) is 13.4. The molecule has 138 valence electrons. The molecule has 0 fully saturated rings. The number of ether oxygens (including phenoxy) is 2. The third kappa shape index (κ3) is 4.17. The minimum Gasteiger partial charge on any atom is -0.493 e. The first-order chi connectivity index (χ1) is 12.6. The predicted octanol–water partition coefficient (Wildman–Crippen LogP) is 3.09. The van der Waals surface area contributed by atoms with Crippen LogP contribution in [-0.4, -0.2) is 43.8 Å². The van der Waals surface area contributed by atoms with Crippen LogP contribution in [0.3, 0.4) is 0 Å². The van der Waals surface area contributed by atoms with Crippen LogP contribution < -0.4 is 14.4 Å². The first kappa shape index (κ1) is 18.3. The van der Waals surface area contributed by atoms with Crippen LogP contribution in [0.4, 0.5) is 5.69 Å². The molecule has 0 bridgehead atoms. The van der Waals surface area contributed by atoms with Crippen LogP contribution in [0.15, 0.2) is 42.5 Å². The number of β-amino-alcohol motifs (C(OH)–C–C–N with tert-alkyl or cyclic N) is 1. The third-order valence-corrected chi connectivity index (χ3v) is 4.64. The van der Waals surface area contributed by atoms with E-state index in [4.69, 9.17) is 9.47 Å². The lowest BCUT2D eigenvalue weighted by molar-refractivity contribution is 0.101. The Kier molecular flexibility index (Phi) is 5.78. The number of anilines is 1. The Labute approximate surface area is 154 Å². The number of hydrogen-bond donors (Lipinski definition) is 1. The summed E-state index contributed by atoms with van der Waals surface area (Å²) in [5, 5.41) is 10.4. The van der Waals surface area contributed by atoms with Crippen molar-refractivity contribution in [3.05, 3.63) is 53.6 Å². The van der Waals surface area contributed by atoms with E-state index in [9.17, 15) is 9.90 Å². The van der Waals surface area contributed by atoms with Crippen molar-refractivity contribution in [2.75, 3.05) is 31.7 Å². The molecule has 1 aliphatic heterocycles. The van der Waals surface area contributed by atoms with Gasteiger partial charge < -0.3 is 19.5 Å². The quantitative estimate of drug-likeness (QED) is 0.774. The summed E-state index contributed by atoms with van der Waals surface area (Å²) in [5.74, 6) is 0.988. The normalized spacial score (nSPS) is 14.5. The lowest BCUT2D eigenvalue weighted by Crippen LogP contribution is -2.38. The second-order valence-corrected chi connectivity index (χ2v) is 6.56. The van der Waals surface area contributed by atoms with Gasteiger partial charge >= 0.3 is 0 Å². The van der Waals surface area contributed by atoms with E-state index in [0.717, 1.165) is 19.4 Å². The lowest BCUT2D eigenvalue weighted by Gasteiger charge is -2.32. The molecule has 0 aromatic heterocycles. The molecule has 1 atom stereocenters. The Hall–Kier alpha value is -2.53. The summed E-state index contributed by atoms with van der Waals surface area (Å²) in [6.07, 6.45) is 1.54. The molecule has 5 heteroatoms. The zero-order chi connectivity index (χ0) is 18.5. The van der Waals surface area contributed by atoms with Crippen molar-refractivity contribution in [3.8, 4) is 11.5 Å². The summed E-state index contributed by atoms with van der Waals surface area (Å²) >= 11 is 0. The summed E-state index contributed by atoms with van der Waals surface area (Å²) in [7, 11) is 1.53. The highest BCUT2D eigenvalue weighted by molar-refractivity contribution is 5.94. The number of aliphatic hydroxyl groups excluding tert-OH is 1. The molecule has 26 heavy (non-hydrogen) atoms. The van der Waals surface area contributed by atoms with Gasteiger partial charge in [-0.1, -0.05) is 18.2 Å². The fraction of sp³-hybridized carbons (Fsp3) is 0.381. The minimum atomic E-state index is -0.627. The number of para-hydroxylation sites is 1. The average Bonchev–Trinajstić information content (AvgIpc) is 2.66. The molecule has 1 N–H and O–H groups in total. The van der Waals surface area contributed by atoms with Gasteiger partial charge in [-0.2, -0.15) is 0 Å². The maximum Gasteiger partial charge on any atom is 0.161 e. The monoisotopic (exact) mass is 355 g/mol. The number of fused-ring (bicyclic) bond motifs is 1. The molecule has 0 spiro atoms. The zero-order valence-corrected chi connectivity index (χ0v) is 15.3. The van der Waals surface area contributed by atoms with Gasteiger partial charge in [0.05, 0.1) is 7.11 Å². The van der Waals surface area contributed by atoms with Crippen LogP contribution >= 0.6 is 0 Å². The Morgan fingerprint density at radius 2 is 2.04 bits per heavy atom. The third-order valence-electron chi connectivity index (χ3n) is 4.64. The molecule has 0 aliphatic carbocycles. The van der Waals surface area contributed by atoms with Crippen molar-refractivity contribution >= 4 is 11.5 Å². The Bertz CT molecular complexity index is 774. The van der Waals surface area contributed by atoms with Crippen molar-refractivity contribution in [1.82, 2.24) is 0 Å². The molecule has 0 radical (unpaired) electrons. The van der Waals surface area contributed by atoms with E-state index in [1.807, 2.05) is 6.07 Å². The fourth-order valence-corrected chi connectivity index (χ4v) is 3.30. The van der Waals surface area contributed by atoms with Crippen LogP contribution in [0, 0.1) is 0 Å². The lowest BCUT2D eigenvalue weighted by atomic mass is 10.0. The van der Waals surface area contributed by atoms with Crippen LogP contribution in [0.25, 0.3) is 0 Å². The molecule has 0 saturated heterocycles. The summed E-state index contributed by atoms with van der Waals surface area (Å²) in [5.41, 5.74) is 3.09. The summed E-state index contributed by atoms with van der Waals surface area (Å²) < 4.78 is 11.0. The topological polar surface area (TPSA) is 59.0 Å². The molecule has 0 unspecified atom stereocenters. The SMILES string of the molecule is COc1cc(C(C)=O)ccc1OC[C@H](O)CN1CCCc2ccccc21. The van der Waals surface area contributed by atoms with Gasteiger partial charge in [-0.3, -0.25) is 4.79 Å². The molecule has 2 aromatic rings. The highest BCUT2D eigenvalue weighted by Crippen LogP contribution is 2.29. The van der Waals surface area contributed by atoms with Crippen molar-refractivity contribution in [3.63, 3.8) is 0 Å². The van der Waals surface area contributed by atoms with Gasteiger partial charge in [0.15, 0.2) is 17.3 Å². The van der Waals surface area contributed by atoms with Gasteiger partial charge in [-0.25, -0.2) is 0 Å². The fourth-order valence-electron chi connectivity index (χ4n) is 3.30. The Balaban J connectivity index is 1.61. The minimum absolute atomic E-state index is 0.0290. The van der Waals surface area contributed by atoms with E-state index >= 15 is 0 Å². The number of rotatable bonds is 7. The standard InChI is InChI=1S/C21H25NO4/c1-15(23)17-9-10-20(21(12-17)25-2)26-14-18(24)13-22-11-5-7-16-6-3-4-8-19(16)22/h3-4,6,8-10,12,18,24H,5,7,11,13-14H2,1-2H3/t18-/m1/s1. The van der Waals surface area contributed by atoms with E-state index < -0.39 is 6.10 Å². The maximum absolute atomic E-state index is 11.5. The molecule has 0 saturated carbocycles. The average molecular weight is 355 g/mol. The summed E-state index contributed by atoms with van der Waals surface area (Å²) in [4.78, 5) is 13.7. The first-order valence-electron chi connectivity index (χ1n) is 8.91. The number of aryl methyl sites for hydroxylation is 1. The molecule has 3 rings (SSSR count). The van der Waals surface area contributed by atoms with Gasteiger partial charge in [-0.15, -0.1) is 0 Å². The number of aliphatic hydroxyl groups is 1. The molecular formula is C21H25NO4. The van der Waals surface area contributed by atoms with Crippen molar-refractivity contribution in [2.45, 2.75) is 25.9 Å². The van der Waals surface area contributed by atoms with Gasteiger partial charge in [0.1, 0.15) is 12.7 Å². The number of benzene rings is 2. The number of nitrogens with zero attached hydrogens (tertiary/aromatic N) is 1. The Morgan fingerprint density at radius 3 is 2.81 bits per heavy atom. The highest BCUT2D eigenvalue weighted by Gasteiger charge is 2.19. The number of ketones is 1. The summed E-state index contributed by atoms with van der Waals surface area (Å²) in [6.45, 7) is 3.12. The molecule has 5 nitrogen and oxygen atoms in total. The molecule has 1 aliphatic rings. The smallest absolute Gasteiger partial charge is 0.161 e. The van der Waals surface area contributed by atoms with E-state index in [1.165, 1.54) is 25.3 Å². The number of hydrogen-bond acceptors (Lipinski definition) is 5. The second kappa shape index (κ2) is 8.23. The molecular weight excluding hydrogens is 330 g/mol. The van der Waals surface area contributed by atoms with Crippen LogP contribution in [0.1, 0.15) is 29.3 Å². The highest BCUT2D eigenvalue weighted by atomic mass is 16.5. The number of carbonyl (C=O) groups is 1. The molecule has 0 amide bonds. The largest absolute Gasteiger partial charge is 0.493 e. The molecule has 2 aromatic carbocycles. The molecule has 1 heterocycles. The second-order valence-electron chi connectivity index (χ2n) is 6.56. The van der Waals surface area contributed by atoms with E-state index in [2.05, 4.69) is 23.1 Å². The van der Waals surface area contributed by atoms with Crippen LogP contribution in [0.2, 0.25) is 0 Å². The van der Waals surface area contributed by atoms with Crippen molar-refractivity contribution < 1.29 is 19.4 Å². The van der Waals surface area contributed by atoms with Crippen LogP contribution in [0.5, 0.6) is 11.5 Å². The van der Waals surface area contributed by atoms with Gasteiger partial charge in [0.25, 0.3) is 0 Å². The van der Waals surface area contributed by atoms with Crippen molar-refractivity contribution in [1.29, 1.82) is 0 Å². The number of Topliss-reactive ketones (excluding diaryl/α,β-unsaturated/α-hetero) is 1. The number of carbonyl (C=O) groups excluding carboxylic acids is 1. The Morgan fingerprint density at radius 1 is 1.23 bits per heavy atom. The van der Waals surface area contributed by atoms with E-state index in [1.54, 1.807) is 18.2 Å². The van der Waals surface area contributed by atoms with Crippen LogP contribution in [-0.2, 0) is 6.42 Å². The number of methoxy groups -OCH3 is 1. The zero-order valence-electron chi connectivity index (χ0n) is 15.3. The van der Waals surface area contributed by atoms with E-state index in [-0.39, 0.29) is 12.4 Å². The van der Waals surface area contributed by atoms with Gasteiger partial charge in [0.2, 0.25) is 0 Å². The predicted molar refractivity (Wildman–Crippen MR) is 101 cm³/mol. The maximum atomic E-state index is 11.5.